The second-order valence-corrected chi connectivity index (χ2v) is 6.29. The molecule has 1 amide bonds. The molecule has 0 bridgehead atoms. The highest BCUT2D eigenvalue weighted by molar-refractivity contribution is 7.17. The molecule has 122 valence electrons. The first-order valence-electron chi connectivity index (χ1n) is 7.40. The van der Waals surface area contributed by atoms with E-state index in [1.54, 1.807) is 6.92 Å². The van der Waals surface area contributed by atoms with Crippen molar-refractivity contribution in [1.29, 1.82) is 0 Å². The molecular formula is C18H16N2O3S. The Hall–Kier alpha value is -2.73. The lowest BCUT2D eigenvalue weighted by Crippen LogP contribution is -2.14. The van der Waals surface area contributed by atoms with Gasteiger partial charge in [0.1, 0.15) is 4.88 Å². The van der Waals surface area contributed by atoms with Gasteiger partial charge in [-0.2, -0.15) is 0 Å². The number of benzene rings is 2. The molecule has 5 nitrogen and oxygen atoms in total. The van der Waals surface area contributed by atoms with Crippen molar-refractivity contribution in [2.45, 2.75) is 13.3 Å². The molecule has 3 rings (SSSR count). The highest BCUT2D eigenvalue weighted by Gasteiger charge is 2.17. The molecule has 0 atom stereocenters. The Kier molecular flexibility index (Phi) is 4.57. The van der Waals surface area contributed by atoms with Crippen molar-refractivity contribution >= 4 is 39.1 Å². The third-order valence-electron chi connectivity index (χ3n) is 3.64. The summed E-state index contributed by atoms with van der Waals surface area (Å²) in [6.45, 7) is 1.71. The molecule has 0 aliphatic rings. The molecular weight excluding hydrogens is 324 g/mol. The minimum atomic E-state index is -0.445. The highest BCUT2D eigenvalue weighted by Crippen LogP contribution is 2.24. The van der Waals surface area contributed by atoms with Gasteiger partial charge in [-0.25, -0.2) is 9.78 Å². The topological polar surface area (TPSA) is 68.3 Å². The third kappa shape index (κ3) is 3.28. The fourth-order valence-electron chi connectivity index (χ4n) is 2.52. The molecule has 6 heteroatoms. The van der Waals surface area contributed by atoms with E-state index in [-0.39, 0.29) is 12.3 Å². The van der Waals surface area contributed by atoms with Crippen molar-refractivity contribution in [1.82, 2.24) is 4.98 Å². The Morgan fingerprint density at radius 2 is 1.92 bits per heavy atom. The summed E-state index contributed by atoms with van der Waals surface area (Å²) in [6, 6.07) is 13.8. The predicted molar refractivity (Wildman–Crippen MR) is 94.5 cm³/mol. The van der Waals surface area contributed by atoms with E-state index < -0.39 is 5.97 Å². The Labute approximate surface area is 143 Å². The van der Waals surface area contributed by atoms with E-state index in [9.17, 15) is 9.59 Å². The minimum Gasteiger partial charge on any atom is -0.465 e. The molecule has 24 heavy (non-hydrogen) atoms. The van der Waals surface area contributed by atoms with Crippen LogP contribution in [0.1, 0.15) is 20.9 Å². The number of amides is 1. The van der Waals surface area contributed by atoms with E-state index in [0.29, 0.717) is 15.7 Å². The van der Waals surface area contributed by atoms with Crippen LogP contribution in [0.4, 0.5) is 5.13 Å². The van der Waals surface area contributed by atoms with Crippen LogP contribution in [0.3, 0.4) is 0 Å². The van der Waals surface area contributed by atoms with Gasteiger partial charge in [0.15, 0.2) is 5.13 Å². The monoisotopic (exact) mass is 340 g/mol. The Morgan fingerprint density at radius 3 is 2.71 bits per heavy atom. The molecule has 0 saturated carbocycles. The molecule has 0 fully saturated rings. The number of methoxy groups -OCH3 is 1. The van der Waals surface area contributed by atoms with Gasteiger partial charge in [0.25, 0.3) is 0 Å². The number of carbonyl (C=O) groups is 2. The average Bonchev–Trinajstić information content (AvgIpc) is 2.94. The number of aromatic nitrogens is 1. The van der Waals surface area contributed by atoms with Gasteiger partial charge in [-0.05, 0) is 23.3 Å². The van der Waals surface area contributed by atoms with Crippen LogP contribution in [0.2, 0.25) is 0 Å². The zero-order valence-corrected chi connectivity index (χ0v) is 14.1. The van der Waals surface area contributed by atoms with Crippen molar-refractivity contribution < 1.29 is 14.3 Å². The fourth-order valence-corrected chi connectivity index (χ4v) is 3.42. The number of carbonyl (C=O) groups excluding carboxylic acids is 2. The zero-order chi connectivity index (χ0) is 17.1. The van der Waals surface area contributed by atoms with Crippen LogP contribution in [0.15, 0.2) is 42.5 Å². The van der Waals surface area contributed by atoms with E-state index >= 15 is 0 Å². The summed E-state index contributed by atoms with van der Waals surface area (Å²) in [5, 5.41) is 5.31. The van der Waals surface area contributed by atoms with Gasteiger partial charge in [-0.3, -0.25) is 4.79 Å². The number of rotatable bonds is 4. The minimum absolute atomic E-state index is 0.170. The van der Waals surface area contributed by atoms with E-state index in [1.165, 1.54) is 7.11 Å². The van der Waals surface area contributed by atoms with Crippen LogP contribution in [-0.4, -0.2) is 24.0 Å². The maximum atomic E-state index is 12.3. The summed E-state index contributed by atoms with van der Waals surface area (Å²) < 4.78 is 4.70. The Balaban J connectivity index is 1.77. The molecule has 0 saturated heterocycles. The molecule has 1 heterocycles. The lowest BCUT2D eigenvalue weighted by molar-refractivity contribution is -0.115. The molecule has 0 unspecified atom stereocenters. The summed E-state index contributed by atoms with van der Waals surface area (Å²) >= 11 is 1.12. The van der Waals surface area contributed by atoms with Crippen molar-refractivity contribution in [3.8, 4) is 0 Å². The van der Waals surface area contributed by atoms with Crippen molar-refractivity contribution in [3.63, 3.8) is 0 Å². The number of nitrogens with zero attached hydrogens (tertiary/aromatic N) is 1. The maximum absolute atomic E-state index is 12.3. The molecule has 3 aromatic rings. The summed E-state index contributed by atoms with van der Waals surface area (Å²) in [4.78, 5) is 28.5. The van der Waals surface area contributed by atoms with Gasteiger partial charge < -0.3 is 10.1 Å². The van der Waals surface area contributed by atoms with Gasteiger partial charge in [-0.1, -0.05) is 53.8 Å². The molecule has 0 spiro atoms. The SMILES string of the molecule is COC(=O)c1sc(NC(=O)Cc2cccc3ccccc23)nc1C. The largest absolute Gasteiger partial charge is 0.465 e. The van der Waals surface area contributed by atoms with Crippen LogP contribution in [0.5, 0.6) is 0 Å². The quantitative estimate of drug-likeness (QED) is 0.737. The predicted octanol–water partition coefficient (Wildman–Crippen LogP) is 3.57. The van der Waals surface area contributed by atoms with Gasteiger partial charge >= 0.3 is 5.97 Å². The first kappa shape index (κ1) is 16.1. The Morgan fingerprint density at radius 1 is 1.17 bits per heavy atom. The maximum Gasteiger partial charge on any atom is 0.350 e. The molecule has 2 aromatic carbocycles. The van der Waals surface area contributed by atoms with Crippen LogP contribution >= 0.6 is 11.3 Å². The Bertz CT molecular complexity index is 912. The van der Waals surface area contributed by atoms with Crippen LogP contribution in [0.25, 0.3) is 10.8 Å². The van der Waals surface area contributed by atoms with Gasteiger partial charge in [0.05, 0.1) is 19.2 Å². The number of nitrogens with one attached hydrogen (secondary N) is 1. The highest BCUT2D eigenvalue weighted by atomic mass is 32.1. The van der Waals surface area contributed by atoms with Crippen molar-refractivity contribution in [2.75, 3.05) is 12.4 Å². The van der Waals surface area contributed by atoms with Gasteiger partial charge in [0, 0.05) is 0 Å². The lowest BCUT2D eigenvalue weighted by atomic mass is 10.0. The number of aryl methyl sites for hydroxylation is 1. The van der Waals surface area contributed by atoms with Crippen LogP contribution in [0, 0.1) is 6.92 Å². The number of ether oxygens (including phenoxy) is 1. The van der Waals surface area contributed by atoms with Crippen LogP contribution < -0.4 is 5.32 Å². The molecule has 0 aliphatic heterocycles. The molecule has 0 aliphatic carbocycles. The molecule has 1 N–H and O–H groups in total. The summed E-state index contributed by atoms with van der Waals surface area (Å²) in [6.07, 6.45) is 0.244. The third-order valence-corrected chi connectivity index (χ3v) is 4.70. The number of thiazole rings is 1. The first-order valence-corrected chi connectivity index (χ1v) is 8.22. The summed E-state index contributed by atoms with van der Waals surface area (Å²) in [7, 11) is 1.32. The van der Waals surface area contributed by atoms with E-state index in [0.717, 1.165) is 27.7 Å². The number of fused-ring (bicyclic) bond motifs is 1. The lowest BCUT2D eigenvalue weighted by Gasteiger charge is -2.06. The normalized spacial score (nSPS) is 10.6. The number of hydrogen-bond acceptors (Lipinski definition) is 5. The van der Waals surface area contributed by atoms with Gasteiger partial charge in [0.2, 0.25) is 5.91 Å². The van der Waals surface area contributed by atoms with Crippen molar-refractivity contribution in [3.05, 3.63) is 58.6 Å². The van der Waals surface area contributed by atoms with Gasteiger partial charge in [-0.15, -0.1) is 0 Å². The van der Waals surface area contributed by atoms with E-state index in [2.05, 4.69) is 10.3 Å². The number of anilines is 1. The smallest absolute Gasteiger partial charge is 0.350 e. The van der Waals surface area contributed by atoms with E-state index in [1.807, 2.05) is 42.5 Å². The number of esters is 1. The second kappa shape index (κ2) is 6.80. The fraction of sp³-hybridized carbons (Fsp3) is 0.167. The standard InChI is InChI=1S/C18H16N2O3S/c1-11-16(17(22)23-2)24-18(19-11)20-15(21)10-13-8-5-7-12-6-3-4-9-14(12)13/h3-9H,10H2,1-2H3,(H,19,20,21). The first-order chi connectivity index (χ1) is 11.6. The zero-order valence-electron chi connectivity index (χ0n) is 13.3. The van der Waals surface area contributed by atoms with E-state index in [4.69, 9.17) is 4.74 Å². The second-order valence-electron chi connectivity index (χ2n) is 5.29. The summed E-state index contributed by atoms with van der Waals surface area (Å²) in [5.74, 6) is -0.615. The average molecular weight is 340 g/mol. The summed E-state index contributed by atoms with van der Waals surface area (Å²) in [5.41, 5.74) is 1.50. The molecule has 1 aromatic heterocycles. The van der Waals surface area contributed by atoms with Crippen LogP contribution in [-0.2, 0) is 16.0 Å². The molecule has 0 radical (unpaired) electrons. The number of hydrogen-bond donors (Lipinski definition) is 1. The van der Waals surface area contributed by atoms with Crippen molar-refractivity contribution in [2.24, 2.45) is 0 Å².